The van der Waals surface area contributed by atoms with E-state index in [1.807, 2.05) is 10.6 Å². The lowest BCUT2D eigenvalue weighted by Gasteiger charge is -2.17. The minimum Gasteiger partial charge on any atom is -0.385 e. The fraction of sp³-hybridized carbons (Fsp3) is 0.688. The zero-order valence-electron chi connectivity index (χ0n) is 13.6. The number of aromatic nitrogens is 1. The molecule has 0 aliphatic rings. The van der Waals surface area contributed by atoms with Crippen molar-refractivity contribution < 1.29 is 9.47 Å². The Balaban J connectivity index is 2.86. The highest BCUT2D eigenvalue weighted by molar-refractivity contribution is 5.18. The van der Waals surface area contributed by atoms with Crippen LogP contribution in [0.2, 0.25) is 0 Å². The third kappa shape index (κ3) is 5.61. The van der Waals surface area contributed by atoms with Gasteiger partial charge in [-0.25, -0.2) is 0 Å². The monoisotopic (exact) mass is 296 g/mol. The maximum atomic E-state index is 12.6. The molecule has 0 aromatic carbocycles. The number of hydrogen-bond donors (Lipinski definition) is 1. The lowest BCUT2D eigenvalue weighted by atomic mass is 10.1. The van der Waals surface area contributed by atoms with Gasteiger partial charge in [-0.2, -0.15) is 0 Å². The first-order valence-electron chi connectivity index (χ1n) is 7.53. The van der Waals surface area contributed by atoms with Gasteiger partial charge in [0.15, 0.2) is 0 Å². The van der Waals surface area contributed by atoms with Crippen molar-refractivity contribution in [2.24, 2.45) is 0 Å². The second kappa shape index (κ2) is 9.71. The fourth-order valence-electron chi connectivity index (χ4n) is 2.27. The lowest BCUT2D eigenvalue weighted by Crippen LogP contribution is -2.31. The fourth-order valence-corrected chi connectivity index (χ4v) is 2.27. The third-order valence-corrected chi connectivity index (χ3v) is 3.41. The molecule has 0 radical (unpaired) electrons. The van der Waals surface area contributed by atoms with Crippen LogP contribution in [0.1, 0.15) is 37.4 Å². The molecule has 0 saturated carbocycles. The zero-order chi connectivity index (χ0) is 15.7. The summed E-state index contributed by atoms with van der Waals surface area (Å²) < 4.78 is 12.0. The number of methoxy groups -OCH3 is 2. The molecule has 1 aromatic heterocycles. The van der Waals surface area contributed by atoms with Gasteiger partial charge in [0.2, 0.25) is 0 Å². The quantitative estimate of drug-likeness (QED) is 0.668. The van der Waals surface area contributed by atoms with Crippen molar-refractivity contribution in [3.63, 3.8) is 0 Å². The van der Waals surface area contributed by atoms with Gasteiger partial charge in [0.25, 0.3) is 5.56 Å². The minimum atomic E-state index is 0.0993. The van der Waals surface area contributed by atoms with Crippen molar-refractivity contribution in [2.45, 2.75) is 39.3 Å². The number of hydrogen-bond acceptors (Lipinski definition) is 4. The molecule has 5 nitrogen and oxygen atoms in total. The van der Waals surface area contributed by atoms with E-state index in [1.165, 1.54) is 0 Å². The number of ether oxygens (including phenoxy) is 2. The number of rotatable bonds is 10. The summed E-state index contributed by atoms with van der Waals surface area (Å²) in [5.74, 6) is 0.329. The number of pyridine rings is 1. The van der Waals surface area contributed by atoms with Crippen molar-refractivity contribution in [1.29, 1.82) is 0 Å². The van der Waals surface area contributed by atoms with Crippen LogP contribution in [0, 0.1) is 0 Å². The van der Waals surface area contributed by atoms with E-state index in [4.69, 9.17) is 9.47 Å². The standard InChI is InChI=1S/C16H28N2O3/c1-13(2)15-7-6-14(12-17-8-11-21-4)16(19)18(15)9-5-10-20-3/h6-7,13,17H,5,8-12H2,1-4H3. The first-order valence-corrected chi connectivity index (χ1v) is 7.53. The Morgan fingerprint density at radius 1 is 1.19 bits per heavy atom. The Bertz CT molecular complexity index is 469. The summed E-state index contributed by atoms with van der Waals surface area (Å²) in [7, 11) is 3.35. The van der Waals surface area contributed by atoms with Crippen LogP contribution in [-0.2, 0) is 22.6 Å². The molecule has 0 spiro atoms. The Labute approximate surface area is 127 Å². The first-order chi connectivity index (χ1) is 10.1. The third-order valence-electron chi connectivity index (χ3n) is 3.41. The van der Waals surface area contributed by atoms with Gasteiger partial charge in [-0.1, -0.05) is 19.9 Å². The Morgan fingerprint density at radius 2 is 1.90 bits per heavy atom. The van der Waals surface area contributed by atoms with Gasteiger partial charge in [-0.3, -0.25) is 4.79 Å². The first kappa shape index (κ1) is 17.9. The highest BCUT2D eigenvalue weighted by Gasteiger charge is 2.11. The van der Waals surface area contributed by atoms with Crippen LogP contribution in [-0.4, -0.2) is 38.5 Å². The van der Waals surface area contributed by atoms with E-state index < -0.39 is 0 Å². The van der Waals surface area contributed by atoms with Crippen molar-refractivity contribution in [2.75, 3.05) is 34.0 Å². The summed E-state index contributed by atoms with van der Waals surface area (Å²) in [5, 5.41) is 3.22. The van der Waals surface area contributed by atoms with E-state index >= 15 is 0 Å². The van der Waals surface area contributed by atoms with E-state index in [0.717, 1.165) is 24.2 Å². The summed E-state index contributed by atoms with van der Waals surface area (Å²) in [6, 6.07) is 4.00. The molecular formula is C16H28N2O3. The molecule has 0 amide bonds. The number of nitrogens with zero attached hydrogens (tertiary/aromatic N) is 1. The molecule has 21 heavy (non-hydrogen) atoms. The zero-order valence-corrected chi connectivity index (χ0v) is 13.6. The molecular weight excluding hydrogens is 268 g/mol. The van der Waals surface area contributed by atoms with Crippen LogP contribution in [0.25, 0.3) is 0 Å². The molecule has 0 bridgehead atoms. The van der Waals surface area contributed by atoms with Gasteiger partial charge in [-0.05, 0) is 18.4 Å². The molecule has 120 valence electrons. The molecule has 1 N–H and O–H groups in total. The Morgan fingerprint density at radius 3 is 2.52 bits per heavy atom. The van der Waals surface area contributed by atoms with E-state index in [2.05, 4.69) is 25.2 Å². The summed E-state index contributed by atoms with van der Waals surface area (Å²) in [6.45, 7) is 7.55. The van der Waals surface area contributed by atoms with E-state index in [-0.39, 0.29) is 5.56 Å². The second-order valence-corrected chi connectivity index (χ2v) is 5.41. The molecule has 0 aliphatic heterocycles. The Kier molecular flexibility index (Phi) is 8.27. The van der Waals surface area contributed by atoms with E-state index in [0.29, 0.717) is 32.2 Å². The summed E-state index contributed by atoms with van der Waals surface area (Å²) in [4.78, 5) is 12.6. The molecule has 0 atom stereocenters. The van der Waals surface area contributed by atoms with Crippen LogP contribution in [0.5, 0.6) is 0 Å². The minimum absolute atomic E-state index is 0.0993. The van der Waals surface area contributed by atoms with Gasteiger partial charge >= 0.3 is 0 Å². The summed E-state index contributed by atoms with van der Waals surface area (Å²) >= 11 is 0. The normalized spacial score (nSPS) is 11.3. The predicted molar refractivity (Wildman–Crippen MR) is 84.9 cm³/mol. The Hall–Kier alpha value is -1.17. The summed E-state index contributed by atoms with van der Waals surface area (Å²) in [6.07, 6.45) is 0.844. The molecule has 1 aromatic rings. The van der Waals surface area contributed by atoms with Gasteiger partial charge < -0.3 is 19.4 Å². The highest BCUT2D eigenvalue weighted by atomic mass is 16.5. The van der Waals surface area contributed by atoms with Gasteiger partial charge in [0.05, 0.1) is 6.61 Å². The van der Waals surface area contributed by atoms with Crippen molar-refractivity contribution >= 4 is 0 Å². The average molecular weight is 296 g/mol. The van der Waals surface area contributed by atoms with Crippen molar-refractivity contribution in [1.82, 2.24) is 9.88 Å². The lowest BCUT2D eigenvalue weighted by molar-refractivity contribution is 0.189. The second-order valence-electron chi connectivity index (χ2n) is 5.41. The van der Waals surface area contributed by atoms with E-state index in [1.54, 1.807) is 14.2 Å². The van der Waals surface area contributed by atoms with Crippen LogP contribution >= 0.6 is 0 Å². The molecule has 0 fully saturated rings. The van der Waals surface area contributed by atoms with Crippen molar-refractivity contribution in [3.8, 4) is 0 Å². The average Bonchev–Trinajstić information content (AvgIpc) is 2.46. The smallest absolute Gasteiger partial charge is 0.255 e. The topological polar surface area (TPSA) is 52.5 Å². The van der Waals surface area contributed by atoms with Crippen LogP contribution < -0.4 is 10.9 Å². The summed E-state index contributed by atoms with van der Waals surface area (Å²) in [5.41, 5.74) is 1.98. The van der Waals surface area contributed by atoms with Crippen molar-refractivity contribution in [3.05, 3.63) is 33.7 Å². The molecule has 0 saturated heterocycles. The molecule has 0 unspecified atom stereocenters. The molecule has 1 heterocycles. The largest absolute Gasteiger partial charge is 0.385 e. The molecule has 0 aliphatic carbocycles. The van der Waals surface area contributed by atoms with Gasteiger partial charge in [0, 0.05) is 51.7 Å². The van der Waals surface area contributed by atoms with Crippen LogP contribution in [0.15, 0.2) is 16.9 Å². The molecule has 5 heteroatoms. The van der Waals surface area contributed by atoms with Crippen LogP contribution in [0.3, 0.4) is 0 Å². The SMILES string of the molecule is COCCCn1c(C(C)C)ccc(CNCCOC)c1=O. The number of nitrogens with one attached hydrogen (secondary N) is 1. The molecule has 1 rings (SSSR count). The highest BCUT2D eigenvalue weighted by Crippen LogP contribution is 2.13. The van der Waals surface area contributed by atoms with Crippen LogP contribution in [0.4, 0.5) is 0 Å². The maximum Gasteiger partial charge on any atom is 0.255 e. The van der Waals surface area contributed by atoms with E-state index in [9.17, 15) is 4.79 Å². The maximum absolute atomic E-state index is 12.6. The van der Waals surface area contributed by atoms with Gasteiger partial charge in [0.1, 0.15) is 0 Å². The predicted octanol–water partition coefficient (Wildman–Crippen LogP) is 1.74. The van der Waals surface area contributed by atoms with Gasteiger partial charge in [-0.15, -0.1) is 0 Å².